The molecule has 1 aliphatic rings. The van der Waals surface area contributed by atoms with Crippen molar-refractivity contribution in [2.75, 3.05) is 13.7 Å². The van der Waals surface area contributed by atoms with E-state index in [1.807, 2.05) is 24.3 Å². The average Bonchev–Trinajstić information content (AvgIpc) is 2.40. The fourth-order valence-corrected chi connectivity index (χ4v) is 2.10. The fourth-order valence-electron chi connectivity index (χ4n) is 2.10. The number of carbonyl (C=O) groups excluding carboxylic acids is 2. The largest absolute Gasteiger partial charge is 0.497 e. The molecule has 0 aromatic heterocycles. The Hall–Kier alpha value is -2.04. The first kappa shape index (κ1) is 13.4. The molecule has 5 heteroatoms. The Kier molecular flexibility index (Phi) is 3.46. The molecule has 102 valence electrons. The smallest absolute Gasteiger partial charge is 0.245 e. The predicted molar refractivity (Wildman–Crippen MR) is 70.6 cm³/mol. The van der Waals surface area contributed by atoms with Crippen LogP contribution in [0.15, 0.2) is 24.3 Å². The van der Waals surface area contributed by atoms with E-state index in [1.54, 1.807) is 25.9 Å². The molecule has 0 atom stereocenters. The lowest BCUT2D eigenvalue weighted by Gasteiger charge is -2.41. The summed E-state index contributed by atoms with van der Waals surface area (Å²) in [5, 5.41) is 2.61. The summed E-state index contributed by atoms with van der Waals surface area (Å²) in [6.07, 6.45) is 0. The van der Waals surface area contributed by atoms with Crippen molar-refractivity contribution in [2.45, 2.75) is 25.9 Å². The van der Waals surface area contributed by atoms with E-state index >= 15 is 0 Å². The molecule has 0 aliphatic carbocycles. The minimum atomic E-state index is -0.824. The van der Waals surface area contributed by atoms with Gasteiger partial charge in [-0.1, -0.05) is 12.1 Å². The van der Waals surface area contributed by atoms with Crippen LogP contribution in [0.2, 0.25) is 0 Å². The zero-order valence-corrected chi connectivity index (χ0v) is 11.4. The van der Waals surface area contributed by atoms with Crippen LogP contribution in [0.3, 0.4) is 0 Å². The van der Waals surface area contributed by atoms with E-state index in [4.69, 9.17) is 4.74 Å². The lowest BCUT2D eigenvalue weighted by molar-refractivity contribution is -0.152. The second-order valence-corrected chi connectivity index (χ2v) is 5.07. The van der Waals surface area contributed by atoms with Crippen LogP contribution in [-0.4, -0.2) is 35.9 Å². The Balaban J connectivity index is 2.19. The second-order valence-electron chi connectivity index (χ2n) is 5.07. The van der Waals surface area contributed by atoms with E-state index in [0.29, 0.717) is 6.54 Å². The van der Waals surface area contributed by atoms with Crippen molar-refractivity contribution in [1.29, 1.82) is 0 Å². The fraction of sp³-hybridized carbons (Fsp3) is 0.429. The molecule has 0 bridgehead atoms. The number of amides is 2. The first-order chi connectivity index (χ1) is 8.95. The van der Waals surface area contributed by atoms with Crippen LogP contribution in [0.4, 0.5) is 0 Å². The molecule has 0 spiro atoms. The van der Waals surface area contributed by atoms with Crippen molar-refractivity contribution in [2.24, 2.45) is 0 Å². The molecule has 0 saturated carbocycles. The summed E-state index contributed by atoms with van der Waals surface area (Å²) in [7, 11) is 1.61. The summed E-state index contributed by atoms with van der Waals surface area (Å²) >= 11 is 0. The molecule has 2 amide bonds. The van der Waals surface area contributed by atoms with Gasteiger partial charge in [-0.25, -0.2) is 0 Å². The zero-order chi connectivity index (χ0) is 14.0. The van der Waals surface area contributed by atoms with Crippen LogP contribution >= 0.6 is 0 Å². The van der Waals surface area contributed by atoms with Crippen LogP contribution < -0.4 is 10.1 Å². The summed E-state index contributed by atoms with van der Waals surface area (Å²) in [5.41, 5.74) is 0.145. The van der Waals surface area contributed by atoms with E-state index in [0.717, 1.165) is 11.3 Å². The first-order valence-corrected chi connectivity index (χ1v) is 6.17. The van der Waals surface area contributed by atoms with Crippen LogP contribution in [0.25, 0.3) is 0 Å². The summed E-state index contributed by atoms with van der Waals surface area (Å²) in [5.74, 6) is 0.576. The highest BCUT2D eigenvalue weighted by Crippen LogP contribution is 2.22. The second kappa shape index (κ2) is 4.91. The number of benzene rings is 1. The zero-order valence-electron chi connectivity index (χ0n) is 11.4. The molecule has 0 unspecified atom stereocenters. The van der Waals surface area contributed by atoms with Gasteiger partial charge in [-0.2, -0.15) is 0 Å². The highest BCUT2D eigenvalue weighted by molar-refractivity contribution is 5.97. The molecular formula is C14H18N2O3. The van der Waals surface area contributed by atoms with Crippen molar-refractivity contribution in [3.8, 4) is 5.75 Å². The van der Waals surface area contributed by atoms with Crippen LogP contribution in [0, 0.1) is 0 Å². The highest BCUT2D eigenvalue weighted by Gasteiger charge is 2.41. The summed E-state index contributed by atoms with van der Waals surface area (Å²) in [6, 6.07) is 7.48. The highest BCUT2D eigenvalue weighted by atomic mass is 16.5. The number of piperazine rings is 1. The van der Waals surface area contributed by atoms with Crippen LogP contribution in [0.5, 0.6) is 5.75 Å². The van der Waals surface area contributed by atoms with Gasteiger partial charge in [-0.15, -0.1) is 0 Å². The molecule has 19 heavy (non-hydrogen) atoms. The van der Waals surface area contributed by atoms with E-state index < -0.39 is 5.54 Å². The van der Waals surface area contributed by atoms with Gasteiger partial charge in [0, 0.05) is 6.54 Å². The van der Waals surface area contributed by atoms with E-state index in [9.17, 15) is 9.59 Å². The standard InChI is InChI=1S/C14H18N2O3/c1-14(2)13(18)15-8-12(17)16(14)9-10-4-6-11(19-3)7-5-10/h4-7H,8-9H2,1-3H3,(H,15,18). The van der Waals surface area contributed by atoms with Gasteiger partial charge in [-0.3, -0.25) is 9.59 Å². The maximum absolute atomic E-state index is 12.0. The van der Waals surface area contributed by atoms with Crippen LogP contribution in [0.1, 0.15) is 19.4 Å². The van der Waals surface area contributed by atoms with Gasteiger partial charge >= 0.3 is 0 Å². The van der Waals surface area contributed by atoms with Gasteiger partial charge in [-0.05, 0) is 31.5 Å². The Morgan fingerprint density at radius 3 is 2.47 bits per heavy atom. The Labute approximate surface area is 112 Å². The van der Waals surface area contributed by atoms with Gasteiger partial charge in [0.05, 0.1) is 13.7 Å². The number of nitrogens with one attached hydrogen (secondary N) is 1. The molecule has 5 nitrogen and oxygen atoms in total. The van der Waals surface area contributed by atoms with Crippen molar-refractivity contribution < 1.29 is 14.3 Å². The first-order valence-electron chi connectivity index (χ1n) is 6.17. The van der Waals surface area contributed by atoms with Gasteiger partial charge in [0.15, 0.2) is 0 Å². The van der Waals surface area contributed by atoms with Gasteiger partial charge in [0.2, 0.25) is 11.8 Å². The Morgan fingerprint density at radius 2 is 1.89 bits per heavy atom. The topological polar surface area (TPSA) is 58.6 Å². The third-order valence-electron chi connectivity index (χ3n) is 3.43. The minimum Gasteiger partial charge on any atom is -0.497 e. The van der Waals surface area contributed by atoms with Crippen molar-refractivity contribution >= 4 is 11.8 Å². The Morgan fingerprint density at radius 1 is 1.26 bits per heavy atom. The molecule has 1 heterocycles. The minimum absolute atomic E-state index is 0.0679. The number of methoxy groups -OCH3 is 1. The van der Waals surface area contributed by atoms with Crippen molar-refractivity contribution in [3.05, 3.63) is 29.8 Å². The predicted octanol–water partition coefficient (Wildman–Crippen LogP) is 0.932. The molecule has 1 aliphatic heterocycles. The third kappa shape index (κ3) is 2.54. The number of hydrogen-bond donors (Lipinski definition) is 1. The van der Waals surface area contributed by atoms with E-state index in [-0.39, 0.29) is 18.4 Å². The number of nitrogens with zero attached hydrogens (tertiary/aromatic N) is 1. The summed E-state index contributed by atoms with van der Waals surface area (Å²) in [4.78, 5) is 25.4. The van der Waals surface area contributed by atoms with Crippen LogP contribution in [-0.2, 0) is 16.1 Å². The average molecular weight is 262 g/mol. The molecule has 0 radical (unpaired) electrons. The number of ether oxygens (including phenoxy) is 1. The number of hydrogen-bond acceptors (Lipinski definition) is 3. The van der Waals surface area contributed by atoms with Crippen molar-refractivity contribution in [1.82, 2.24) is 10.2 Å². The number of rotatable bonds is 3. The SMILES string of the molecule is COc1ccc(CN2C(=O)CNC(=O)C2(C)C)cc1. The van der Waals surface area contributed by atoms with Gasteiger partial charge in [0.25, 0.3) is 0 Å². The summed E-state index contributed by atoms with van der Waals surface area (Å²) < 4.78 is 5.09. The maximum atomic E-state index is 12.0. The molecule has 1 fully saturated rings. The van der Waals surface area contributed by atoms with Gasteiger partial charge in [0.1, 0.15) is 11.3 Å². The van der Waals surface area contributed by atoms with E-state index in [2.05, 4.69) is 5.32 Å². The normalized spacial score (nSPS) is 18.2. The number of carbonyl (C=O) groups is 2. The van der Waals surface area contributed by atoms with Gasteiger partial charge < -0.3 is 15.0 Å². The molecule has 2 rings (SSSR count). The summed E-state index contributed by atoms with van der Waals surface area (Å²) in [6.45, 7) is 3.99. The molecule has 1 aromatic carbocycles. The van der Waals surface area contributed by atoms with E-state index in [1.165, 1.54) is 0 Å². The maximum Gasteiger partial charge on any atom is 0.245 e. The molecule has 1 N–H and O–H groups in total. The lowest BCUT2D eigenvalue weighted by atomic mass is 9.97. The lowest BCUT2D eigenvalue weighted by Crippen LogP contribution is -2.63. The molecule has 1 saturated heterocycles. The third-order valence-corrected chi connectivity index (χ3v) is 3.43. The monoisotopic (exact) mass is 262 g/mol. The molecule has 1 aromatic rings. The Bertz CT molecular complexity index is 494. The molecular weight excluding hydrogens is 244 g/mol. The quantitative estimate of drug-likeness (QED) is 0.881. The van der Waals surface area contributed by atoms with Crippen molar-refractivity contribution in [3.63, 3.8) is 0 Å².